The lowest BCUT2D eigenvalue weighted by Gasteiger charge is -2.33. The Morgan fingerprint density at radius 2 is 1.53 bits per heavy atom. The highest BCUT2D eigenvalue weighted by atomic mass is 35.5. The van der Waals surface area contributed by atoms with E-state index in [0.29, 0.717) is 5.02 Å². The first-order valence-corrected chi connectivity index (χ1v) is 12.7. The van der Waals surface area contributed by atoms with Crippen LogP contribution < -0.4 is 0 Å². The molecule has 34 heavy (non-hydrogen) atoms. The van der Waals surface area contributed by atoms with Crippen LogP contribution in [0.4, 0.5) is 0 Å². The summed E-state index contributed by atoms with van der Waals surface area (Å²) >= 11 is 5.95. The number of hydrogen-bond donors (Lipinski definition) is 2. The number of sulfonamides is 1. The minimum atomic E-state index is -4.25. The minimum absolute atomic E-state index is 0.0335. The lowest BCUT2D eigenvalue weighted by atomic mass is 10.0. The molecule has 0 heterocycles. The van der Waals surface area contributed by atoms with Crippen molar-refractivity contribution in [3.8, 4) is 11.1 Å². The van der Waals surface area contributed by atoms with Crippen LogP contribution in [-0.4, -0.2) is 46.6 Å². The summed E-state index contributed by atoms with van der Waals surface area (Å²) in [6.45, 7) is 2.58. The van der Waals surface area contributed by atoms with Crippen LogP contribution in [0.2, 0.25) is 5.02 Å². The molecular weight excluding hydrogens is 474 g/mol. The molecule has 0 aliphatic heterocycles. The van der Waals surface area contributed by atoms with Gasteiger partial charge in [-0.3, -0.25) is 4.79 Å². The maximum atomic E-state index is 13.8. The molecule has 1 fully saturated rings. The van der Waals surface area contributed by atoms with Gasteiger partial charge in [0.2, 0.25) is 10.0 Å². The van der Waals surface area contributed by atoms with Crippen molar-refractivity contribution in [2.45, 2.75) is 42.2 Å². The van der Waals surface area contributed by atoms with Crippen molar-refractivity contribution in [1.29, 1.82) is 0 Å². The number of hydrogen-bond acceptors (Lipinski definition) is 4. The van der Waals surface area contributed by atoms with Gasteiger partial charge in [0.05, 0.1) is 10.5 Å². The van der Waals surface area contributed by atoms with Gasteiger partial charge < -0.3 is 10.2 Å². The smallest absolute Gasteiger partial charge is 0.325 e. The standard InChI is InChI=1S/C26H26ClNO5S/c1-25(2,31)17-28(26(24(29)30)16-23(26)20-6-4-3-5-7-20)34(32,33)22-14-10-19(11-15-22)18-8-12-21(27)13-9-18/h3-15,23,31H,16-17H2,1-2H3,(H,29,30). The molecule has 3 aromatic rings. The number of aliphatic carboxylic acids is 1. The average molecular weight is 500 g/mol. The molecule has 2 unspecified atom stereocenters. The molecular formula is C26H26ClNO5S. The Balaban J connectivity index is 1.74. The van der Waals surface area contributed by atoms with Crippen LogP contribution in [0, 0.1) is 0 Å². The van der Waals surface area contributed by atoms with Gasteiger partial charge in [0.25, 0.3) is 0 Å². The normalized spacial score (nSPS) is 20.3. The van der Waals surface area contributed by atoms with Gasteiger partial charge >= 0.3 is 5.97 Å². The summed E-state index contributed by atoms with van der Waals surface area (Å²) in [5.74, 6) is -1.75. The van der Waals surface area contributed by atoms with E-state index in [2.05, 4.69) is 0 Å². The quantitative estimate of drug-likeness (QED) is 0.465. The van der Waals surface area contributed by atoms with Gasteiger partial charge in [-0.1, -0.05) is 66.2 Å². The summed E-state index contributed by atoms with van der Waals surface area (Å²) < 4.78 is 28.6. The third-order valence-corrected chi connectivity index (χ3v) is 8.25. The highest BCUT2D eigenvalue weighted by Gasteiger charge is 2.68. The molecule has 0 amide bonds. The van der Waals surface area contributed by atoms with Crippen molar-refractivity contribution in [2.24, 2.45) is 0 Å². The molecule has 0 bridgehead atoms. The van der Waals surface area contributed by atoms with Gasteiger partial charge in [0.15, 0.2) is 0 Å². The van der Waals surface area contributed by atoms with Gasteiger partial charge in [-0.25, -0.2) is 8.42 Å². The largest absolute Gasteiger partial charge is 0.480 e. The predicted octanol–water partition coefficient (Wildman–Crippen LogP) is 4.78. The number of carboxylic acid groups (broad SMARTS) is 1. The SMILES string of the molecule is CC(C)(O)CN(C1(C(=O)O)CC1c1ccccc1)S(=O)(=O)c1ccc(-c2ccc(Cl)cc2)cc1. The molecule has 1 saturated carbocycles. The topological polar surface area (TPSA) is 94.9 Å². The van der Waals surface area contributed by atoms with Crippen LogP contribution in [0.25, 0.3) is 11.1 Å². The predicted molar refractivity (Wildman–Crippen MR) is 131 cm³/mol. The van der Waals surface area contributed by atoms with E-state index in [0.717, 1.165) is 21.0 Å². The molecule has 0 spiro atoms. The van der Waals surface area contributed by atoms with E-state index in [1.165, 1.54) is 26.0 Å². The number of aliphatic hydroxyl groups is 1. The Labute approximate surface area is 204 Å². The number of nitrogens with zero attached hydrogens (tertiary/aromatic N) is 1. The Hall–Kier alpha value is -2.71. The van der Waals surface area contributed by atoms with Crippen molar-refractivity contribution in [2.75, 3.05) is 6.54 Å². The van der Waals surface area contributed by atoms with Gasteiger partial charge in [0, 0.05) is 17.5 Å². The summed E-state index contributed by atoms with van der Waals surface area (Å²) in [5, 5.41) is 21.4. The first-order chi connectivity index (χ1) is 15.9. The number of β-amino-alcohol motifs (C(OH)–C–C–N with tert-alkyl or cyclic N) is 1. The van der Waals surface area contributed by atoms with E-state index in [1.807, 2.05) is 18.2 Å². The lowest BCUT2D eigenvalue weighted by Crippen LogP contribution is -2.53. The summed E-state index contributed by atoms with van der Waals surface area (Å²) in [4.78, 5) is 12.5. The second kappa shape index (κ2) is 8.82. The minimum Gasteiger partial charge on any atom is -0.480 e. The van der Waals surface area contributed by atoms with Crippen molar-refractivity contribution >= 4 is 27.6 Å². The second-order valence-electron chi connectivity index (χ2n) is 9.25. The Bertz CT molecular complexity index is 1290. The molecule has 1 aliphatic rings. The molecule has 2 atom stereocenters. The number of carboxylic acids is 1. The van der Waals surface area contributed by atoms with Gasteiger partial charge in [-0.15, -0.1) is 0 Å². The Morgan fingerprint density at radius 1 is 1.00 bits per heavy atom. The second-order valence-corrected chi connectivity index (χ2v) is 11.6. The molecule has 0 aromatic heterocycles. The van der Waals surface area contributed by atoms with Crippen LogP contribution in [0.1, 0.15) is 31.7 Å². The van der Waals surface area contributed by atoms with Crippen molar-refractivity contribution in [3.63, 3.8) is 0 Å². The van der Waals surface area contributed by atoms with Crippen molar-refractivity contribution in [3.05, 3.63) is 89.4 Å². The number of carbonyl (C=O) groups is 1. The van der Waals surface area contributed by atoms with E-state index in [4.69, 9.17) is 11.6 Å². The fourth-order valence-electron chi connectivity index (χ4n) is 4.33. The third-order valence-electron chi connectivity index (χ3n) is 6.10. The Morgan fingerprint density at radius 3 is 2.03 bits per heavy atom. The average Bonchev–Trinajstić information content (AvgIpc) is 3.55. The highest BCUT2D eigenvalue weighted by Crippen LogP contribution is 2.57. The van der Waals surface area contributed by atoms with E-state index in [1.54, 1.807) is 48.5 Å². The first-order valence-electron chi connectivity index (χ1n) is 10.8. The lowest BCUT2D eigenvalue weighted by molar-refractivity contribution is -0.144. The molecule has 178 valence electrons. The van der Waals surface area contributed by atoms with Crippen molar-refractivity contribution in [1.82, 2.24) is 4.31 Å². The van der Waals surface area contributed by atoms with Gasteiger partial charge in [-0.2, -0.15) is 4.31 Å². The van der Waals surface area contributed by atoms with Crippen LogP contribution in [0.3, 0.4) is 0 Å². The Kier molecular flexibility index (Phi) is 6.33. The molecule has 0 radical (unpaired) electrons. The fourth-order valence-corrected chi connectivity index (χ4v) is 6.39. The van der Waals surface area contributed by atoms with E-state index in [-0.39, 0.29) is 17.9 Å². The highest BCUT2D eigenvalue weighted by molar-refractivity contribution is 7.89. The zero-order chi connectivity index (χ0) is 24.7. The summed E-state index contributed by atoms with van der Waals surface area (Å²) in [5.41, 5.74) is -0.697. The molecule has 6 nitrogen and oxygen atoms in total. The van der Waals surface area contributed by atoms with Gasteiger partial charge in [-0.05, 0) is 61.2 Å². The third kappa shape index (κ3) is 4.61. The molecule has 2 N–H and O–H groups in total. The van der Waals surface area contributed by atoms with E-state index < -0.39 is 33.1 Å². The van der Waals surface area contributed by atoms with Crippen LogP contribution >= 0.6 is 11.6 Å². The monoisotopic (exact) mass is 499 g/mol. The van der Waals surface area contributed by atoms with Crippen LogP contribution in [0.15, 0.2) is 83.8 Å². The zero-order valence-corrected chi connectivity index (χ0v) is 20.4. The number of rotatable bonds is 8. The molecule has 3 aromatic carbocycles. The maximum absolute atomic E-state index is 13.8. The maximum Gasteiger partial charge on any atom is 0.325 e. The number of benzene rings is 3. The summed E-state index contributed by atoms with van der Waals surface area (Å²) in [7, 11) is -4.25. The first kappa shape index (κ1) is 24.4. The fraction of sp³-hybridized carbons (Fsp3) is 0.269. The summed E-state index contributed by atoms with van der Waals surface area (Å²) in [6.07, 6.45) is 0.129. The van der Waals surface area contributed by atoms with Gasteiger partial charge in [0.1, 0.15) is 5.54 Å². The summed E-state index contributed by atoms with van der Waals surface area (Å²) in [6, 6.07) is 22.5. The van der Waals surface area contributed by atoms with Crippen molar-refractivity contribution < 1.29 is 23.4 Å². The molecule has 8 heteroatoms. The molecule has 4 rings (SSSR count). The van der Waals surface area contributed by atoms with Crippen LogP contribution in [0.5, 0.6) is 0 Å². The molecule has 0 saturated heterocycles. The van der Waals surface area contributed by atoms with E-state index in [9.17, 15) is 23.4 Å². The molecule has 1 aliphatic carbocycles. The zero-order valence-electron chi connectivity index (χ0n) is 18.8. The van der Waals surface area contributed by atoms with Crippen LogP contribution in [-0.2, 0) is 14.8 Å². The van der Waals surface area contributed by atoms with E-state index >= 15 is 0 Å². The number of halogens is 1.